The predicted molar refractivity (Wildman–Crippen MR) is 139 cm³/mol. The van der Waals surface area contributed by atoms with Crippen LogP contribution in [0.2, 0.25) is 0 Å². The molecule has 1 aliphatic carbocycles. The second-order valence-corrected chi connectivity index (χ2v) is 10.1. The first-order valence-electron chi connectivity index (χ1n) is 12.8. The van der Waals surface area contributed by atoms with Crippen molar-refractivity contribution in [2.24, 2.45) is 0 Å². The molecular formula is C29H28F3N5O2. The van der Waals surface area contributed by atoms with Gasteiger partial charge in [-0.05, 0) is 37.8 Å². The van der Waals surface area contributed by atoms with Gasteiger partial charge < -0.3 is 9.30 Å². The Bertz CT molecular complexity index is 1530. The lowest BCUT2D eigenvalue weighted by atomic mass is 9.97. The zero-order valence-electron chi connectivity index (χ0n) is 22.1. The summed E-state index contributed by atoms with van der Waals surface area (Å²) in [6, 6.07) is 11.0. The van der Waals surface area contributed by atoms with Crippen molar-refractivity contribution in [2.45, 2.75) is 65.3 Å². The number of alkyl halides is 3. The van der Waals surface area contributed by atoms with E-state index in [9.17, 15) is 18.0 Å². The van der Waals surface area contributed by atoms with Crippen LogP contribution in [0.4, 0.5) is 13.2 Å². The number of nitrogens with zero attached hydrogens (tertiary/aromatic N) is 5. The zero-order valence-corrected chi connectivity index (χ0v) is 22.1. The first-order valence-corrected chi connectivity index (χ1v) is 12.8. The fourth-order valence-corrected chi connectivity index (χ4v) is 4.63. The Balaban J connectivity index is 1.42. The molecule has 1 aromatic carbocycles. The Morgan fingerprint density at radius 1 is 1.00 bits per heavy atom. The summed E-state index contributed by atoms with van der Waals surface area (Å²) in [7, 11) is 0. The van der Waals surface area contributed by atoms with E-state index in [4.69, 9.17) is 9.72 Å². The lowest BCUT2D eigenvalue weighted by Crippen LogP contribution is -2.07. The van der Waals surface area contributed by atoms with Gasteiger partial charge in [0.25, 0.3) is 0 Å². The quantitative estimate of drug-likeness (QED) is 0.258. The summed E-state index contributed by atoms with van der Waals surface area (Å²) in [5, 5.41) is 0. The van der Waals surface area contributed by atoms with Crippen molar-refractivity contribution < 1.29 is 22.7 Å². The third-order valence-corrected chi connectivity index (χ3v) is 6.67. The number of imidazole rings is 1. The fourth-order valence-electron chi connectivity index (χ4n) is 4.63. The Morgan fingerprint density at radius 3 is 2.44 bits per heavy atom. The van der Waals surface area contributed by atoms with E-state index < -0.39 is 11.9 Å². The molecule has 0 saturated carbocycles. The smallest absolute Gasteiger partial charge is 0.434 e. The van der Waals surface area contributed by atoms with Crippen molar-refractivity contribution in [1.82, 2.24) is 24.5 Å². The van der Waals surface area contributed by atoms with E-state index in [0.29, 0.717) is 47.1 Å². The fraction of sp³-hybridized carbons (Fsp3) is 0.345. The summed E-state index contributed by atoms with van der Waals surface area (Å²) < 4.78 is 47.3. The average Bonchev–Trinajstić information content (AvgIpc) is 3.52. The number of fused-ring (bicyclic) bond motifs is 1. The Labute approximate surface area is 224 Å². The van der Waals surface area contributed by atoms with Gasteiger partial charge in [0.15, 0.2) is 23.1 Å². The second-order valence-electron chi connectivity index (χ2n) is 10.1. The van der Waals surface area contributed by atoms with Gasteiger partial charge in [-0.2, -0.15) is 18.2 Å². The predicted octanol–water partition coefficient (Wildman–Crippen LogP) is 6.83. The van der Waals surface area contributed by atoms with Gasteiger partial charge in [-0.15, -0.1) is 0 Å². The van der Waals surface area contributed by atoms with E-state index >= 15 is 0 Å². The van der Waals surface area contributed by atoms with Crippen LogP contribution in [0.1, 0.15) is 78.9 Å². The Morgan fingerprint density at radius 2 is 1.77 bits per heavy atom. The summed E-state index contributed by atoms with van der Waals surface area (Å²) >= 11 is 0. The number of aromatic nitrogens is 5. The third kappa shape index (κ3) is 5.28. The number of rotatable bonds is 7. The highest BCUT2D eigenvalue weighted by Gasteiger charge is 2.35. The maximum atomic E-state index is 13.3. The maximum absolute atomic E-state index is 13.3. The number of hydrogen-bond acceptors (Lipinski definition) is 6. The summed E-state index contributed by atoms with van der Waals surface area (Å²) in [4.78, 5) is 30.0. The molecule has 0 saturated heterocycles. The van der Waals surface area contributed by atoms with Gasteiger partial charge in [0.1, 0.15) is 18.0 Å². The van der Waals surface area contributed by atoms with Crippen LogP contribution in [0.15, 0.2) is 48.8 Å². The molecular weight excluding hydrogens is 507 g/mol. The Hall–Kier alpha value is -4.08. The molecule has 0 N–H and O–H groups in total. The number of halogens is 3. The van der Waals surface area contributed by atoms with Gasteiger partial charge in [-0.1, -0.05) is 44.2 Å². The molecule has 0 unspecified atom stereocenters. The van der Waals surface area contributed by atoms with E-state index in [1.807, 2.05) is 24.3 Å². The number of ether oxygens (including phenoxy) is 1. The molecule has 5 rings (SSSR count). The van der Waals surface area contributed by atoms with Gasteiger partial charge in [-0.25, -0.2) is 9.97 Å². The molecule has 0 aliphatic heterocycles. The first kappa shape index (κ1) is 26.5. The lowest BCUT2D eigenvalue weighted by molar-refractivity contribution is -0.140. The van der Waals surface area contributed by atoms with Crippen molar-refractivity contribution >= 4 is 5.78 Å². The molecule has 0 spiro atoms. The molecule has 10 heteroatoms. The number of Topliss-reactive ketones (excluding diaryl/α,β-unsaturated/α-hetero) is 1. The van der Waals surface area contributed by atoms with Crippen LogP contribution in [0.3, 0.4) is 0 Å². The molecule has 202 valence electrons. The number of pyridine rings is 1. The van der Waals surface area contributed by atoms with E-state index in [1.54, 1.807) is 32.2 Å². The molecule has 3 aromatic heterocycles. The lowest BCUT2D eigenvalue weighted by Gasteiger charge is -2.15. The van der Waals surface area contributed by atoms with Crippen LogP contribution in [0.25, 0.3) is 22.9 Å². The second kappa shape index (κ2) is 10.2. The molecule has 1 aliphatic rings. The molecule has 0 fully saturated rings. The van der Waals surface area contributed by atoms with Crippen LogP contribution < -0.4 is 4.74 Å². The SMILES string of the molecule is CC(C)c1ccccc1-c1nc(OCc2ccc(-c3nc(C(F)(F)F)cn3C(C)C)nc2)c2c(n1)C(=O)CC2. The molecule has 4 aromatic rings. The van der Waals surface area contributed by atoms with Crippen LogP contribution in [0.5, 0.6) is 5.88 Å². The van der Waals surface area contributed by atoms with E-state index in [0.717, 1.165) is 17.3 Å². The monoisotopic (exact) mass is 535 g/mol. The average molecular weight is 536 g/mol. The molecule has 39 heavy (non-hydrogen) atoms. The minimum atomic E-state index is -4.55. The highest BCUT2D eigenvalue weighted by atomic mass is 19.4. The van der Waals surface area contributed by atoms with Crippen molar-refractivity contribution in [3.05, 3.63) is 76.9 Å². The summed E-state index contributed by atoms with van der Waals surface area (Å²) in [6.45, 7) is 7.85. The van der Waals surface area contributed by atoms with Crippen molar-refractivity contribution in [3.63, 3.8) is 0 Å². The maximum Gasteiger partial charge on any atom is 0.434 e. The minimum Gasteiger partial charge on any atom is -0.472 e. The Kier molecular flexibility index (Phi) is 6.96. The highest BCUT2D eigenvalue weighted by Crippen LogP contribution is 2.34. The normalized spacial score (nSPS) is 13.4. The number of ketones is 1. The van der Waals surface area contributed by atoms with Gasteiger partial charge in [0.2, 0.25) is 5.88 Å². The van der Waals surface area contributed by atoms with E-state index in [2.05, 4.69) is 28.8 Å². The standard InChI is InChI=1S/C29H28F3N5O2/c1-16(2)19-7-5-6-8-20(19)26-35-25-21(10-12-23(25)38)28(36-26)39-15-18-9-11-22(33-13-18)27-34-24(29(30,31)32)14-37(27)17(3)4/h5-9,11,13-14,16-17H,10,12,15H2,1-4H3. The molecule has 3 heterocycles. The molecule has 0 atom stereocenters. The number of carbonyl (C=O) groups is 1. The van der Waals surface area contributed by atoms with Crippen molar-refractivity contribution in [3.8, 4) is 28.8 Å². The molecule has 0 radical (unpaired) electrons. The molecule has 7 nitrogen and oxygen atoms in total. The molecule has 0 amide bonds. The van der Waals surface area contributed by atoms with Crippen LogP contribution in [-0.4, -0.2) is 30.3 Å². The largest absolute Gasteiger partial charge is 0.472 e. The van der Waals surface area contributed by atoms with Crippen LogP contribution in [-0.2, 0) is 19.2 Å². The van der Waals surface area contributed by atoms with Crippen LogP contribution >= 0.6 is 0 Å². The highest BCUT2D eigenvalue weighted by molar-refractivity contribution is 5.99. The topological polar surface area (TPSA) is 82.8 Å². The van der Waals surface area contributed by atoms with Crippen molar-refractivity contribution in [1.29, 1.82) is 0 Å². The number of carbonyl (C=O) groups excluding carboxylic acids is 1. The minimum absolute atomic E-state index is 0.0366. The van der Waals surface area contributed by atoms with Gasteiger partial charge in [0.05, 0.1) is 0 Å². The van der Waals surface area contributed by atoms with Gasteiger partial charge in [-0.3, -0.25) is 9.78 Å². The summed E-state index contributed by atoms with van der Waals surface area (Å²) in [5.41, 5.74) is 3.06. The van der Waals surface area contributed by atoms with E-state index in [-0.39, 0.29) is 30.2 Å². The van der Waals surface area contributed by atoms with Gasteiger partial charge >= 0.3 is 6.18 Å². The summed E-state index contributed by atoms with van der Waals surface area (Å²) in [6.07, 6.45) is -1.13. The van der Waals surface area contributed by atoms with Gasteiger partial charge in [0, 0.05) is 41.5 Å². The first-order chi connectivity index (χ1) is 18.5. The van der Waals surface area contributed by atoms with Crippen molar-refractivity contribution in [2.75, 3.05) is 0 Å². The number of benzene rings is 1. The van der Waals surface area contributed by atoms with Crippen LogP contribution in [0, 0.1) is 0 Å². The third-order valence-electron chi connectivity index (χ3n) is 6.67. The number of hydrogen-bond donors (Lipinski definition) is 0. The summed E-state index contributed by atoms with van der Waals surface area (Å²) in [5.74, 6) is 1.14. The molecule has 0 bridgehead atoms. The van der Waals surface area contributed by atoms with E-state index in [1.165, 1.54) is 4.57 Å². The zero-order chi connectivity index (χ0) is 27.9.